The van der Waals surface area contributed by atoms with Crippen LogP contribution in [0.1, 0.15) is 24.5 Å². The summed E-state index contributed by atoms with van der Waals surface area (Å²) in [5, 5.41) is 3.01. The monoisotopic (exact) mass is 294 g/mol. The number of pyridine rings is 1. The fraction of sp³-hybridized carbons (Fsp3) is 0.312. The lowest BCUT2D eigenvalue weighted by Crippen LogP contribution is -2.17. The average Bonchev–Trinajstić information content (AvgIpc) is 2.46. The van der Waals surface area contributed by atoms with Crippen molar-refractivity contribution >= 4 is 5.82 Å². The second-order valence-electron chi connectivity index (χ2n) is 5.00. The van der Waals surface area contributed by atoms with E-state index in [1.807, 2.05) is 37.3 Å². The summed E-state index contributed by atoms with van der Waals surface area (Å²) in [5.74, 6) is 0.255. The van der Waals surface area contributed by atoms with E-state index in [9.17, 15) is 13.2 Å². The molecule has 0 saturated heterocycles. The van der Waals surface area contributed by atoms with Gasteiger partial charge in [0.2, 0.25) is 0 Å². The third-order valence-electron chi connectivity index (χ3n) is 3.19. The summed E-state index contributed by atoms with van der Waals surface area (Å²) in [7, 11) is 0. The molecule has 2 nitrogen and oxygen atoms in total. The Balaban J connectivity index is 1.92. The number of hydrogen-bond donors (Lipinski definition) is 1. The second kappa shape index (κ2) is 6.61. The van der Waals surface area contributed by atoms with Crippen molar-refractivity contribution in [3.63, 3.8) is 0 Å². The van der Waals surface area contributed by atoms with Gasteiger partial charge in [-0.2, -0.15) is 13.2 Å². The molecule has 0 bridgehead atoms. The highest BCUT2D eigenvalue weighted by Crippen LogP contribution is 2.30. The van der Waals surface area contributed by atoms with E-state index < -0.39 is 11.7 Å². The zero-order valence-corrected chi connectivity index (χ0v) is 11.7. The zero-order valence-electron chi connectivity index (χ0n) is 11.7. The summed E-state index contributed by atoms with van der Waals surface area (Å²) in [5.41, 5.74) is 0.526. The summed E-state index contributed by atoms with van der Waals surface area (Å²) in [6, 6.07) is 12.0. The van der Waals surface area contributed by atoms with Gasteiger partial charge in [-0.3, -0.25) is 0 Å². The molecule has 0 aliphatic rings. The van der Waals surface area contributed by atoms with Gasteiger partial charge in [-0.15, -0.1) is 0 Å². The lowest BCUT2D eigenvalue weighted by atomic mass is 10.1. The number of aryl methyl sites for hydroxylation is 1. The molecule has 2 rings (SSSR count). The highest BCUT2D eigenvalue weighted by atomic mass is 19.4. The summed E-state index contributed by atoms with van der Waals surface area (Å²) < 4.78 is 37.9. The van der Waals surface area contributed by atoms with E-state index in [0.717, 1.165) is 25.0 Å². The fourth-order valence-corrected chi connectivity index (χ4v) is 2.04. The number of nitrogens with zero attached hydrogens (tertiary/aromatic N) is 1. The topological polar surface area (TPSA) is 24.9 Å². The molecule has 0 radical (unpaired) electrons. The Morgan fingerprint density at radius 1 is 1.14 bits per heavy atom. The molecule has 112 valence electrons. The summed E-state index contributed by atoms with van der Waals surface area (Å²) in [4.78, 5) is 3.94. The van der Waals surface area contributed by atoms with Gasteiger partial charge in [0.1, 0.15) is 5.82 Å². The van der Waals surface area contributed by atoms with Crippen LogP contribution in [-0.2, 0) is 12.6 Å². The van der Waals surface area contributed by atoms with Gasteiger partial charge in [0, 0.05) is 12.2 Å². The Morgan fingerprint density at radius 3 is 2.52 bits per heavy atom. The third kappa shape index (κ3) is 4.77. The van der Waals surface area contributed by atoms with Gasteiger partial charge < -0.3 is 5.32 Å². The predicted octanol–water partition coefficient (Wildman–Crippen LogP) is 4.53. The van der Waals surface area contributed by atoms with Gasteiger partial charge in [0.15, 0.2) is 0 Å². The molecule has 5 heteroatoms. The molecular weight excluding hydrogens is 277 g/mol. The first kappa shape index (κ1) is 15.4. The van der Waals surface area contributed by atoms with E-state index in [4.69, 9.17) is 0 Å². The van der Waals surface area contributed by atoms with Crippen LogP contribution < -0.4 is 5.32 Å². The molecule has 1 unspecified atom stereocenters. The minimum atomic E-state index is -4.34. The van der Waals surface area contributed by atoms with Gasteiger partial charge in [-0.05, 0) is 37.5 Å². The lowest BCUT2D eigenvalue weighted by Gasteiger charge is -2.15. The number of hydrogen-bond acceptors (Lipinski definition) is 2. The van der Waals surface area contributed by atoms with Crippen molar-refractivity contribution in [1.29, 1.82) is 0 Å². The molecular formula is C16H17F3N2. The minimum absolute atomic E-state index is 0.0428. The molecule has 1 aromatic carbocycles. The van der Waals surface area contributed by atoms with E-state index in [-0.39, 0.29) is 11.9 Å². The van der Waals surface area contributed by atoms with Gasteiger partial charge >= 0.3 is 6.18 Å². The first-order chi connectivity index (χ1) is 9.95. The maximum Gasteiger partial charge on any atom is 0.416 e. The normalized spacial score (nSPS) is 13.0. The molecule has 21 heavy (non-hydrogen) atoms. The Labute approximate surface area is 122 Å². The molecule has 0 aliphatic carbocycles. The minimum Gasteiger partial charge on any atom is -0.368 e. The predicted molar refractivity (Wildman–Crippen MR) is 77.1 cm³/mol. The van der Waals surface area contributed by atoms with Crippen LogP contribution in [0.4, 0.5) is 19.0 Å². The van der Waals surface area contributed by atoms with Crippen LogP contribution in [0.2, 0.25) is 0 Å². The standard InChI is InChI=1S/C16H17F3N2/c1-12(7-8-13-5-3-2-4-6-13)21-15-11-14(9-10-20-15)16(17,18)19/h2-6,9-12H,7-8H2,1H3,(H,20,21). The first-order valence-electron chi connectivity index (χ1n) is 6.79. The number of nitrogens with one attached hydrogen (secondary N) is 1. The van der Waals surface area contributed by atoms with E-state index >= 15 is 0 Å². The molecule has 0 saturated carbocycles. The van der Waals surface area contributed by atoms with Crippen molar-refractivity contribution in [3.05, 3.63) is 59.8 Å². The largest absolute Gasteiger partial charge is 0.416 e. The molecule has 0 aliphatic heterocycles. The van der Waals surface area contributed by atoms with Crippen LogP contribution in [0, 0.1) is 0 Å². The van der Waals surface area contributed by atoms with Crippen molar-refractivity contribution in [1.82, 2.24) is 4.98 Å². The maximum atomic E-state index is 12.6. The lowest BCUT2D eigenvalue weighted by molar-refractivity contribution is -0.137. The summed E-state index contributed by atoms with van der Waals surface area (Å²) >= 11 is 0. The van der Waals surface area contributed by atoms with Crippen LogP contribution in [0.15, 0.2) is 48.7 Å². The molecule has 1 aromatic heterocycles. The maximum absolute atomic E-state index is 12.6. The van der Waals surface area contributed by atoms with E-state index in [1.54, 1.807) is 0 Å². The Kier molecular flexibility index (Phi) is 4.83. The highest BCUT2D eigenvalue weighted by Gasteiger charge is 2.30. The van der Waals surface area contributed by atoms with Gasteiger partial charge in [-0.25, -0.2) is 4.98 Å². The first-order valence-corrected chi connectivity index (χ1v) is 6.79. The molecule has 2 aromatic rings. The summed E-state index contributed by atoms with van der Waals surface area (Å²) in [6.07, 6.45) is -1.47. The molecule has 1 atom stereocenters. The Bertz CT molecular complexity index is 567. The number of alkyl halides is 3. The fourth-order valence-electron chi connectivity index (χ4n) is 2.04. The molecule has 0 amide bonds. The van der Waals surface area contributed by atoms with E-state index in [1.165, 1.54) is 11.8 Å². The van der Waals surface area contributed by atoms with Crippen molar-refractivity contribution in [2.24, 2.45) is 0 Å². The number of benzene rings is 1. The Hall–Kier alpha value is -2.04. The van der Waals surface area contributed by atoms with Crippen LogP contribution in [-0.4, -0.2) is 11.0 Å². The number of anilines is 1. The number of rotatable bonds is 5. The van der Waals surface area contributed by atoms with Crippen molar-refractivity contribution < 1.29 is 13.2 Å². The number of halogens is 3. The van der Waals surface area contributed by atoms with Crippen molar-refractivity contribution in [2.75, 3.05) is 5.32 Å². The third-order valence-corrected chi connectivity index (χ3v) is 3.19. The van der Waals surface area contributed by atoms with Crippen LogP contribution in [0.3, 0.4) is 0 Å². The molecule has 1 heterocycles. The van der Waals surface area contributed by atoms with Crippen molar-refractivity contribution in [3.8, 4) is 0 Å². The zero-order chi connectivity index (χ0) is 15.3. The van der Waals surface area contributed by atoms with Gasteiger partial charge in [-0.1, -0.05) is 30.3 Å². The van der Waals surface area contributed by atoms with Crippen LogP contribution in [0.5, 0.6) is 0 Å². The second-order valence-corrected chi connectivity index (χ2v) is 5.00. The van der Waals surface area contributed by atoms with E-state index in [2.05, 4.69) is 10.3 Å². The summed E-state index contributed by atoms with van der Waals surface area (Å²) in [6.45, 7) is 1.94. The SMILES string of the molecule is CC(CCc1ccccc1)Nc1cc(C(F)(F)F)ccn1. The molecule has 0 fully saturated rings. The van der Waals surface area contributed by atoms with E-state index in [0.29, 0.717) is 0 Å². The average molecular weight is 294 g/mol. The quantitative estimate of drug-likeness (QED) is 0.876. The van der Waals surface area contributed by atoms with Crippen LogP contribution in [0.25, 0.3) is 0 Å². The smallest absolute Gasteiger partial charge is 0.368 e. The van der Waals surface area contributed by atoms with Gasteiger partial charge in [0.05, 0.1) is 5.56 Å². The Morgan fingerprint density at radius 2 is 1.86 bits per heavy atom. The van der Waals surface area contributed by atoms with Crippen LogP contribution >= 0.6 is 0 Å². The number of aromatic nitrogens is 1. The molecule has 1 N–H and O–H groups in total. The highest BCUT2D eigenvalue weighted by molar-refractivity contribution is 5.39. The van der Waals surface area contributed by atoms with Crippen molar-refractivity contribution in [2.45, 2.75) is 32.0 Å². The van der Waals surface area contributed by atoms with Gasteiger partial charge in [0.25, 0.3) is 0 Å². The molecule has 0 spiro atoms.